The molecule has 0 saturated carbocycles. The second-order valence-electron chi connectivity index (χ2n) is 5.69. The first-order chi connectivity index (χ1) is 9.70. The van der Waals surface area contributed by atoms with Crippen LogP contribution in [0.3, 0.4) is 0 Å². The second kappa shape index (κ2) is 7.48. The first kappa shape index (κ1) is 15.1. The van der Waals surface area contributed by atoms with Gasteiger partial charge in [-0.3, -0.25) is 4.79 Å². The highest BCUT2D eigenvalue weighted by atomic mass is 16.3. The fourth-order valence-electron chi connectivity index (χ4n) is 2.77. The lowest BCUT2D eigenvalue weighted by molar-refractivity contribution is 0.0909. The van der Waals surface area contributed by atoms with Crippen LogP contribution in [0.5, 0.6) is 0 Å². The van der Waals surface area contributed by atoms with Gasteiger partial charge >= 0.3 is 0 Å². The third-order valence-electron chi connectivity index (χ3n) is 4.10. The number of nitrogens with one attached hydrogen (secondary N) is 1. The molecule has 0 radical (unpaired) electrons. The van der Waals surface area contributed by atoms with E-state index >= 15 is 0 Å². The average Bonchev–Trinajstić information content (AvgIpc) is 2.87. The van der Waals surface area contributed by atoms with Gasteiger partial charge in [0.25, 0.3) is 5.91 Å². The van der Waals surface area contributed by atoms with Crippen molar-refractivity contribution in [2.24, 2.45) is 0 Å². The number of unbranched alkanes of at least 4 members (excludes halogenated alkanes) is 2. The lowest BCUT2D eigenvalue weighted by Crippen LogP contribution is -2.44. The number of carbonyl (C=O) groups is 1. The summed E-state index contributed by atoms with van der Waals surface area (Å²) in [7, 11) is 0. The minimum absolute atomic E-state index is 0.000632. The highest BCUT2D eigenvalue weighted by Gasteiger charge is 2.21. The van der Waals surface area contributed by atoms with Crippen LogP contribution >= 0.6 is 0 Å². The van der Waals surface area contributed by atoms with Gasteiger partial charge in [-0.15, -0.1) is 0 Å². The molecule has 20 heavy (non-hydrogen) atoms. The number of piperidine rings is 1. The second-order valence-corrected chi connectivity index (χ2v) is 5.69. The Kier molecular flexibility index (Phi) is 5.65. The predicted octanol–water partition coefficient (Wildman–Crippen LogP) is 2.97. The van der Waals surface area contributed by atoms with Gasteiger partial charge in [-0.2, -0.15) is 0 Å². The van der Waals surface area contributed by atoms with Gasteiger partial charge in [0, 0.05) is 19.1 Å². The van der Waals surface area contributed by atoms with E-state index in [4.69, 9.17) is 4.42 Å². The summed E-state index contributed by atoms with van der Waals surface area (Å²) in [5.41, 5.74) is 0.662. The van der Waals surface area contributed by atoms with E-state index in [1.54, 1.807) is 12.3 Å². The Morgan fingerprint density at radius 1 is 1.40 bits per heavy atom. The van der Waals surface area contributed by atoms with Gasteiger partial charge in [0.2, 0.25) is 0 Å². The third kappa shape index (κ3) is 4.10. The molecule has 1 amide bonds. The van der Waals surface area contributed by atoms with Crippen LogP contribution < -0.4 is 5.32 Å². The minimum atomic E-state index is 0.000632. The Balaban J connectivity index is 1.72. The number of likely N-dealkylation sites (tertiary alicyclic amines) is 1. The number of amides is 1. The molecule has 0 bridgehead atoms. The summed E-state index contributed by atoms with van der Waals surface area (Å²) in [5.74, 6) is 0.695. The lowest BCUT2D eigenvalue weighted by Gasteiger charge is -2.32. The Bertz CT molecular complexity index is 420. The molecule has 1 aromatic rings. The molecule has 0 aromatic carbocycles. The van der Waals surface area contributed by atoms with Crippen LogP contribution in [0.15, 0.2) is 16.7 Å². The topological polar surface area (TPSA) is 45.5 Å². The van der Waals surface area contributed by atoms with E-state index in [1.807, 2.05) is 6.92 Å². The van der Waals surface area contributed by atoms with E-state index in [0.717, 1.165) is 25.9 Å². The van der Waals surface area contributed by atoms with Gasteiger partial charge in [0.1, 0.15) is 5.76 Å². The number of nitrogens with zero attached hydrogens (tertiary/aromatic N) is 1. The highest BCUT2D eigenvalue weighted by molar-refractivity contribution is 5.95. The lowest BCUT2D eigenvalue weighted by atomic mass is 10.0. The predicted molar refractivity (Wildman–Crippen MR) is 79.9 cm³/mol. The number of rotatable bonds is 6. The van der Waals surface area contributed by atoms with Gasteiger partial charge in [-0.05, 0) is 38.8 Å². The van der Waals surface area contributed by atoms with E-state index in [2.05, 4.69) is 17.1 Å². The van der Waals surface area contributed by atoms with Crippen LogP contribution in [0.4, 0.5) is 0 Å². The molecule has 0 unspecified atom stereocenters. The molecule has 112 valence electrons. The highest BCUT2D eigenvalue weighted by Crippen LogP contribution is 2.14. The monoisotopic (exact) mass is 278 g/mol. The van der Waals surface area contributed by atoms with Crippen molar-refractivity contribution in [3.8, 4) is 0 Å². The quantitative estimate of drug-likeness (QED) is 0.814. The average molecular weight is 278 g/mol. The summed E-state index contributed by atoms with van der Waals surface area (Å²) in [5, 5.41) is 3.12. The van der Waals surface area contributed by atoms with Gasteiger partial charge in [-0.1, -0.05) is 19.8 Å². The smallest absolute Gasteiger partial charge is 0.255 e. The number of aryl methyl sites for hydroxylation is 1. The Morgan fingerprint density at radius 2 is 2.15 bits per heavy atom. The van der Waals surface area contributed by atoms with Crippen molar-refractivity contribution in [2.45, 2.75) is 52.0 Å². The van der Waals surface area contributed by atoms with Crippen molar-refractivity contribution >= 4 is 5.91 Å². The fraction of sp³-hybridized carbons (Fsp3) is 0.688. The summed E-state index contributed by atoms with van der Waals surface area (Å²) < 4.78 is 5.18. The first-order valence-electron chi connectivity index (χ1n) is 7.78. The molecule has 1 aliphatic rings. The molecular weight excluding hydrogens is 252 g/mol. The van der Waals surface area contributed by atoms with Crippen LogP contribution in [0.25, 0.3) is 0 Å². The summed E-state index contributed by atoms with van der Waals surface area (Å²) >= 11 is 0. The molecule has 0 aliphatic carbocycles. The molecule has 1 aliphatic heterocycles. The molecule has 0 spiro atoms. The maximum atomic E-state index is 12.1. The van der Waals surface area contributed by atoms with Gasteiger partial charge < -0.3 is 14.6 Å². The molecule has 1 saturated heterocycles. The van der Waals surface area contributed by atoms with Crippen molar-refractivity contribution in [1.29, 1.82) is 0 Å². The summed E-state index contributed by atoms with van der Waals surface area (Å²) in [6.07, 6.45) is 7.55. The first-order valence-corrected chi connectivity index (χ1v) is 7.78. The maximum absolute atomic E-state index is 12.1. The largest absolute Gasteiger partial charge is 0.469 e. The molecule has 2 heterocycles. The van der Waals surface area contributed by atoms with Crippen LogP contribution in [0.1, 0.15) is 55.1 Å². The Morgan fingerprint density at radius 3 is 2.75 bits per heavy atom. The number of carbonyl (C=O) groups excluding carboxylic acids is 1. The molecule has 2 rings (SSSR count). The number of furan rings is 1. The standard InChI is InChI=1S/C16H26N2O2/c1-3-4-5-9-18-10-6-14(7-11-18)17-16(19)15-8-12-20-13(15)2/h8,12,14H,3-7,9-11H2,1-2H3,(H,17,19). The van der Waals surface area contributed by atoms with Crippen LogP contribution in [0.2, 0.25) is 0 Å². The van der Waals surface area contributed by atoms with Crippen molar-refractivity contribution in [2.75, 3.05) is 19.6 Å². The zero-order valence-corrected chi connectivity index (χ0v) is 12.7. The summed E-state index contributed by atoms with van der Waals surface area (Å²) in [6, 6.07) is 2.05. The fourth-order valence-corrected chi connectivity index (χ4v) is 2.77. The maximum Gasteiger partial charge on any atom is 0.255 e. The van der Waals surface area contributed by atoms with Crippen molar-refractivity contribution in [1.82, 2.24) is 10.2 Å². The van der Waals surface area contributed by atoms with Crippen LogP contribution in [-0.4, -0.2) is 36.5 Å². The molecular formula is C16H26N2O2. The van der Waals surface area contributed by atoms with E-state index in [0.29, 0.717) is 17.4 Å². The molecule has 4 nitrogen and oxygen atoms in total. The summed E-state index contributed by atoms with van der Waals surface area (Å²) in [4.78, 5) is 14.6. The zero-order valence-electron chi connectivity index (χ0n) is 12.7. The van der Waals surface area contributed by atoms with Crippen molar-refractivity contribution in [3.05, 3.63) is 23.7 Å². The number of hydrogen-bond acceptors (Lipinski definition) is 3. The normalized spacial score (nSPS) is 17.3. The van der Waals surface area contributed by atoms with Crippen LogP contribution in [0, 0.1) is 6.92 Å². The zero-order chi connectivity index (χ0) is 14.4. The molecule has 1 aromatic heterocycles. The van der Waals surface area contributed by atoms with E-state index in [-0.39, 0.29) is 5.91 Å². The molecule has 0 atom stereocenters. The van der Waals surface area contributed by atoms with E-state index in [1.165, 1.54) is 25.8 Å². The molecule has 1 fully saturated rings. The van der Waals surface area contributed by atoms with Gasteiger partial charge in [0.05, 0.1) is 11.8 Å². The minimum Gasteiger partial charge on any atom is -0.469 e. The van der Waals surface area contributed by atoms with Crippen LogP contribution in [-0.2, 0) is 0 Å². The Labute approximate surface area is 121 Å². The van der Waals surface area contributed by atoms with Crippen molar-refractivity contribution < 1.29 is 9.21 Å². The van der Waals surface area contributed by atoms with Gasteiger partial charge in [-0.25, -0.2) is 0 Å². The third-order valence-corrected chi connectivity index (χ3v) is 4.10. The van der Waals surface area contributed by atoms with E-state index in [9.17, 15) is 4.79 Å². The van der Waals surface area contributed by atoms with Crippen molar-refractivity contribution in [3.63, 3.8) is 0 Å². The number of hydrogen-bond donors (Lipinski definition) is 1. The Hall–Kier alpha value is -1.29. The molecule has 1 N–H and O–H groups in total. The summed E-state index contributed by atoms with van der Waals surface area (Å²) in [6.45, 7) is 7.46. The SMILES string of the molecule is CCCCCN1CCC(NC(=O)c2ccoc2C)CC1. The van der Waals surface area contributed by atoms with E-state index < -0.39 is 0 Å². The molecule has 4 heteroatoms. The van der Waals surface area contributed by atoms with Gasteiger partial charge in [0.15, 0.2) is 0 Å².